The van der Waals surface area contributed by atoms with Crippen molar-refractivity contribution >= 4 is 5.78 Å². The molecule has 1 fully saturated rings. The summed E-state index contributed by atoms with van der Waals surface area (Å²) in [6, 6.07) is 0. The van der Waals surface area contributed by atoms with Crippen molar-refractivity contribution < 1.29 is 4.79 Å². The van der Waals surface area contributed by atoms with Gasteiger partial charge in [0.05, 0.1) is 5.54 Å². The second-order valence-electron chi connectivity index (χ2n) is 4.85. The summed E-state index contributed by atoms with van der Waals surface area (Å²) in [5.74, 6) is 0.733. The molecule has 0 heterocycles. The first-order valence-electron chi connectivity index (χ1n) is 5.87. The molecule has 1 aliphatic rings. The minimum Gasteiger partial charge on any atom is -0.306 e. The number of nitrogens with one attached hydrogen (secondary N) is 1. The van der Waals surface area contributed by atoms with Gasteiger partial charge in [0.1, 0.15) is 0 Å². The maximum absolute atomic E-state index is 12.1. The average Bonchev–Trinajstić information content (AvgIpc) is 2.18. The van der Waals surface area contributed by atoms with E-state index < -0.39 is 0 Å². The van der Waals surface area contributed by atoms with Crippen molar-refractivity contribution in [2.24, 2.45) is 5.92 Å². The largest absolute Gasteiger partial charge is 0.306 e. The van der Waals surface area contributed by atoms with Gasteiger partial charge in [0, 0.05) is 5.92 Å². The van der Waals surface area contributed by atoms with Crippen LogP contribution in [0.2, 0.25) is 0 Å². The molecule has 1 N–H and O–H groups in total. The summed E-state index contributed by atoms with van der Waals surface area (Å²) in [7, 11) is 0. The van der Waals surface area contributed by atoms with E-state index in [0.717, 1.165) is 19.4 Å². The Morgan fingerprint density at radius 1 is 1.29 bits per heavy atom. The van der Waals surface area contributed by atoms with Crippen LogP contribution in [0.1, 0.15) is 52.9 Å². The van der Waals surface area contributed by atoms with Crippen LogP contribution in [0.5, 0.6) is 0 Å². The molecule has 0 atom stereocenters. The summed E-state index contributed by atoms with van der Waals surface area (Å²) in [6.45, 7) is 6.93. The lowest BCUT2D eigenvalue weighted by atomic mass is 9.79. The number of ketones is 1. The number of rotatable bonds is 4. The molecule has 1 aliphatic carbocycles. The maximum Gasteiger partial charge on any atom is 0.155 e. The lowest BCUT2D eigenvalue weighted by Gasteiger charge is -2.30. The molecule has 0 saturated heterocycles. The Morgan fingerprint density at radius 2 is 1.86 bits per heavy atom. The molecule has 0 amide bonds. The maximum atomic E-state index is 12.1. The van der Waals surface area contributed by atoms with Gasteiger partial charge in [-0.2, -0.15) is 0 Å². The van der Waals surface area contributed by atoms with Crippen LogP contribution >= 0.6 is 0 Å². The highest BCUT2D eigenvalue weighted by atomic mass is 16.1. The van der Waals surface area contributed by atoms with Crippen molar-refractivity contribution in [2.75, 3.05) is 6.54 Å². The van der Waals surface area contributed by atoms with E-state index in [4.69, 9.17) is 0 Å². The van der Waals surface area contributed by atoms with Crippen LogP contribution in [-0.4, -0.2) is 17.9 Å². The Bertz CT molecular complexity index is 192. The van der Waals surface area contributed by atoms with E-state index in [9.17, 15) is 4.79 Å². The van der Waals surface area contributed by atoms with Gasteiger partial charge in [-0.05, 0) is 33.2 Å². The molecule has 0 unspecified atom stereocenters. The zero-order valence-corrected chi connectivity index (χ0v) is 9.73. The van der Waals surface area contributed by atoms with Gasteiger partial charge in [0.2, 0.25) is 0 Å². The fourth-order valence-corrected chi connectivity index (χ4v) is 2.40. The van der Waals surface area contributed by atoms with E-state index in [1.54, 1.807) is 0 Å². The summed E-state index contributed by atoms with van der Waals surface area (Å²) in [6.07, 6.45) is 5.99. The second kappa shape index (κ2) is 4.92. The van der Waals surface area contributed by atoms with E-state index in [2.05, 4.69) is 12.2 Å². The molecule has 0 bridgehead atoms. The molecule has 0 aliphatic heterocycles. The van der Waals surface area contributed by atoms with E-state index in [1.807, 2.05) is 13.8 Å². The van der Waals surface area contributed by atoms with Crippen LogP contribution in [0.25, 0.3) is 0 Å². The topological polar surface area (TPSA) is 29.1 Å². The third-order valence-electron chi connectivity index (χ3n) is 3.21. The smallest absolute Gasteiger partial charge is 0.155 e. The Hall–Kier alpha value is -0.370. The molecule has 14 heavy (non-hydrogen) atoms. The van der Waals surface area contributed by atoms with Crippen molar-refractivity contribution in [1.82, 2.24) is 5.32 Å². The first-order chi connectivity index (χ1) is 6.58. The van der Waals surface area contributed by atoms with Gasteiger partial charge in [0.25, 0.3) is 0 Å². The van der Waals surface area contributed by atoms with Crippen molar-refractivity contribution in [1.29, 1.82) is 0 Å². The summed E-state index contributed by atoms with van der Waals surface area (Å²) in [5, 5.41) is 3.27. The van der Waals surface area contributed by atoms with Crippen LogP contribution in [0.4, 0.5) is 0 Å². The van der Waals surface area contributed by atoms with Crippen LogP contribution in [-0.2, 0) is 4.79 Å². The molecule has 0 aromatic rings. The lowest BCUT2D eigenvalue weighted by Crippen LogP contribution is -2.49. The standard InChI is InChI=1S/C12H23NO/c1-4-13-12(2,3)11(14)10-8-6-5-7-9-10/h10,13H,4-9H2,1-3H3. The first-order valence-corrected chi connectivity index (χ1v) is 5.87. The van der Waals surface area contributed by atoms with Gasteiger partial charge in [-0.15, -0.1) is 0 Å². The fraction of sp³-hybridized carbons (Fsp3) is 0.917. The highest BCUT2D eigenvalue weighted by Gasteiger charge is 2.33. The number of carbonyl (C=O) groups excluding carboxylic acids is 1. The quantitative estimate of drug-likeness (QED) is 0.750. The summed E-state index contributed by atoms with van der Waals surface area (Å²) >= 11 is 0. The van der Waals surface area contributed by atoms with Crippen molar-refractivity contribution in [3.05, 3.63) is 0 Å². The molecule has 0 spiro atoms. The Morgan fingerprint density at radius 3 is 2.36 bits per heavy atom. The third kappa shape index (κ3) is 2.81. The highest BCUT2D eigenvalue weighted by molar-refractivity contribution is 5.89. The predicted molar refractivity (Wildman–Crippen MR) is 59.3 cm³/mol. The van der Waals surface area contributed by atoms with Gasteiger partial charge in [-0.3, -0.25) is 4.79 Å². The average molecular weight is 197 g/mol. The van der Waals surface area contributed by atoms with Crippen molar-refractivity contribution in [2.45, 2.75) is 58.4 Å². The minimum atomic E-state index is -0.323. The van der Waals surface area contributed by atoms with Crippen molar-refractivity contribution in [3.8, 4) is 0 Å². The minimum absolute atomic E-state index is 0.317. The predicted octanol–water partition coefficient (Wildman–Crippen LogP) is 2.52. The van der Waals surface area contributed by atoms with E-state index in [-0.39, 0.29) is 5.54 Å². The molecule has 2 heteroatoms. The zero-order chi connectivity index (χ0) is 10.6. The summed E-state index contributed by atoms with van der Waals surface area (Å²) in [4.78, 5) is 12.1. The number of Topliss-reactive ketones (excluding diaryl/α,β-unsaturated/α-hetero) is 1. The molecule has 1 saturated carbocycles. The molecule has 0 radical (unpaired) electrons. The SMILES string of the molecule is CCNC(C)(C)C(=O)C1CCCCC1. The van der Waals surface area contributed by atoms with E-state index in [1.165, 1.54) is 19.3 Å². The number of hydrogen-bond acceptors (Lipinski definition) is 2. The molecule has 2 nitrogen and oxygen atoms in total. The fourth-order valence-electron chi connectivity index (χ4n) is 2.40. The van der Waals surface area contributed by atoms with Crippen LogP contribution in [0.3, 0.4) is 0 Å². The molecule has 0 aromatic carbocycles. The normalized spacial score (nSPS) is 19.6. The Labute approximate surface area is 87.5 Å². The van der Waals surface area contributed by atoms with E-state index in [0.29, 0.717) is 11.7 Å². The summed E-state index contributed by atoms with van der Waals surface area (Å²) in [5.41, 5.74) is -0.323. The monoisotopic (exact) mass is 197 g/mol. The molecule has 82 valence electrons. The van der Waals surface area contributed by atoms with Crippen LogP contribution < -0.4 is 5.32 Å². The molecule has 0 aromatic heterocycles. The first kappa shape index (κ1) is 11.7. The Balaban J connectivity index is 2.53. The number of carbonyl (C=O) groups is 1. The Kier molecular flexibility index (Phi) is 4.11. The van der Waals surface area contributed by atoms with Crippen LogP contribution in [0.15, 0.2) is 0 Å². The third-order valence-corrected chi connectivity index (χ3v) is 3.21. The second-order valence-corrected chi connectivity index (χ2v) is 4.85. The number of hydrogen-bond donors (Lipinski definition) is 1. The summed E-state index contributed by atoms with van der Waals surface area (Å²) < 4.78 is 0. The number of likely N-dealkylation sites (N-methyl/N-ethyl adjacent to an activating group) is 1. The molecular formula is C12H23NO. The van der Waals surface area contributed by atoms with Gasteiger partial charge in [-0.1, -0.05) is 26.2 Å². The zero-order valence-electron chi connectivity index (χ0n) is 9.73. The van der Waals surface area contributed by atoms with E-state index >= 15 is 0 Å². The lowest BCUT2D eigenvalue weighted by molar-refractivity contribution is -0.129. The molecule has 1 rings (SSSR count). The van der Waals surface area contributed by atoms with Gasteiger partial charge < -0.3 is 5.32 Å². The van der Waals surface area contributed by atoms with Crippen molar-refractivity contribution in [3.63, 3.8) is 0 Å². The van der Waals surface area contributed by atoms with Gasteiger partial charge >= 0.3 is 0 Å². The van der Waals surface area contributed by atoms with Gasteiger partial charge in [0.15, 0.2) is 5.78 Å². The molecular weight excluding hydrogens is 174 g/mol. The highest BCUT2D eigenvalue weighted by Crippen LogP contribution is 2.27. The van der Waals surface area contributed by atoms with Gasteiger partial charge in [-0.25, -0.2) is 0 Å². The van der Waals surface area contributed by atoms with Crippen LogP contribution in [0, 0.1) is 5.92 Å².